The highest BCUT2D eigenvalue weighted by Gasteiger charge is 2.22. The van der Waals surface area contributed by atoms with Crippen molar-refractivity contribution in [1.29, 1.82) is 0 Å². The number of rotatable bonds is 2. The van der Waals surface area contributed by atoms with Crippen LogP contribution < -0.4 is 15.8 Å². The van der Waals surface area contributed by atoms with Gasteiger partial charge in [0.1, 0.15) is 5.75 Å². The molecule has 0 aliphatic carbocycles. The van der Waals surface area contributed by atoms with Gasteiger partial charge in [-0.1, -0.05) is 12.1 Å². The molecular weight excluding hydrogens is 188 g/mol. The van der Waals surface area contributed by atoms with Gasteiger partial charge in [-0.05, 0) is 30.7 Å². The molecule has 1 aromatic carbocycles. The predicted molar refractivity (Wildman–Crippen MR) is 61.2 cm³/mol. The summed E-state index contributed by atoms with van der Waals surface area (Å²) in [6.07, 6.45) is 1.12. The quantitative estimate of drug-likeness (QED) is 0.761. The number of nitrogens with two attached hydrogens (primary N) is 1. The molecule has 0 bridgehead atoms. The minimum absolute atomic E-state index is 0.229. The summed E-state index contributed by atoms with van der Waals surface area (Å²) in [6.45, 7) is 1.97. The van der Waals surface area contributed by atoms with E-state index < -0.39 is 0 Å². The fourth-order valence-electron chi connectivity index (χ4n) is 2.15. The number of piperidine rings is 1. The molecule has 1 heterocycles. The van der Waals surface area contributed by atoms with Gasteiger partial charge in [0.15, 0.2) is 0 Å². The largest absolute Gasteiger partial charge is 0.497 e. The lowest BCUT2D eigenvalue weighted by Crippen LogP contribution is -2.44. The molecule has 1 saturated heterocycles. The summed E-state index contributed by atoms with van der Waals surface area (Å²) >= 11 is 0. The van der Waals surface area contributed by atoms with Crippen LogP contribution >= 0.6 is 0 Å². The van der Waals surface area contributed by atoms with Gasteiger partial charge in [-0.3, -0.25) is 0 Å². The first kappa shape index (κ1) is 10.5. The van der Waals surface area contributed by atoms with Crippen LogP contribution in [0.3, 0.4) is 0 Å². The molecule has 3 heteroatoms. The highest BCUT2D eigenvalue weighted by Crippen LogP contribution is 2.25. The molecule has 1 fully saturated rings. The van der Waals surface area contributed by atoms with Gasteiger partial charge >= 0.3 is 0 Å². The summed E-state index contributed by atoms with van der Waals surface area (Å²) < 4.78 is 5.14. The van der Waals surface area contributed by atoms with Crippen molar-refractivity contribution in [3.05, 3.63) is 29.8 Å². The van der Waals surface area contributed by atoms with Gasteiger partial charge in [-0.2, -0.15) is 0 Å². The molecule has 82 valence electrons. The van der Waals surface area contributed by atoms with E-state index in [9.17, 15) is 0 Å². The maximum atomic E-state index is 6.09. The Morgan fingerprint density at radius 1 is 1.33 bits per heavy atom. The summed E-state index contributed by atoms with van der Waals surface area (Å²) in [7, 11) is 1.69. The van der Waals surface area contributed by atoms with Crippen LogP contribution in [0.2, 0.25) is 0 Å². The second kappa shape index (κ2) is 4.64. The first-order chi connectivity index (χ1) is 7.31. The molecule has 3 nitrogen and oxygen atoms in total. The summed E-state index contributed by atoms with van der Waals surface area (Å²) in [6, 6.07) is 8.48. The molecule has 2 atom stereocenters. The Kier molecular flexibility index (Phi) is 3.23. The first-order valence-corrected chi connectivity index (χ1v) is 5.41. The van der Waals surface area contributed by atoms with Gasteiger partial charge in [0, 0.05) is 18.5 Å². The molecule has 0 aromatic heterocycles. The topological polar surface area (TPSA) is 47.3 Å². The monoisotopic (exact) mass is 206 g/mol. The van der Waals surface area contributed by atoms with Crippen LogP contribution in [0.5, 0.6) is 5.75 Å². The Bertz CT molecular complexity index is 310. The van der Waals surface area contributed by atoms with Crippen molar-refractivity contribution >= 4 is 0 Å². The van der Waals surface area contributed by atoms with Crippen LogP contribution in [0.1, 0.15) is 17.9 Å². The van der Waals surface area contributed by atoms with Gasteiger partial charge in [0.25, 0.3) is 0 Å². The van der Waals surface area contributed by atoms with Crippen molar-refractivity contribution in [3.63, 3.8) is 0 Å². The molecule has 0 radical (unpaired) electrons. The zero-order chi connectivity index (χ0) is 10.7. The number of methoxy groups -OCH3 is 1. The van der Waals surface area contributed by atoms with E-state index in [0.29, 0.717) is 5.92 Å². The molecule has 2 rings (SSSR count). The maximum Gasteiger partial charge on any atom is 0.118 e. The lowest BCUT2D eigenvalue weighted by Gasteiger charge is -2.29. The van der Waals surface area contributed by atoms with E-state index in [0.717, 1.165) is 25.3 Å². The molecule has 15 heavy (non-hydrogen) atoms. The van der Waals surface area contributed by atoms with Crippen LogP contribution in [-0.4, -0.2) is 26.2 Å². The SMILES string of the molecule is COc1ccc([C@@H]2CCNC[C@@H]2N)cc1. The van der Waals surface area contributed by atoms with Gasteiger partial charge in [-0.15, -0.1) is 0 Å². The van der Waals surface area contributed by atoms with Crippen LogP contribution in [0.25, 0.3) is 0 Å². The zero-order valence-electron chi connectivity index (χ0n) is 9.07. The van der Waals surface area contributed by atoms with Crippen molar-refractivity contribution in [2.75, 3.05) is 20.2 Å². The number of hydrogen-bond acceptors (Lipinski definition) is 3. The third-order valence-electron chi connectivity index (χ3n) is 3.07. The van der Waals surface area contributed by atoms with E-state index in [1.165, 1.54) is 5.56 Å². The fraction of sp³-hybridized carbons (Fsp3) is 0.500. The van der Waals surface area contributed by atoms with Crippen molar-refractivity contribution in [3.8, 4) is 5.75 Å². The third-order valence-corrected chi connectivity index (χ3v) is 3.07. The molecule has 0 saturated carbocycles. The number of hydrogen-bond donors (Lipinski definition) is 2. The first-order valence-electron chi connectivity index (χ1n) is 5.41. The van der Waals surface area contributed by atoms with Crippen molar-refractivity contribution in [1.82, 2.24) is 5.32 Å². The average Bonchev–Trinajstić information content (AvgIpc) is 2.30. The molecule has 0 spiro atoms. The second-order valence-electron chi connectivity index (χ2n) is 4.04. The summed E-state index contributed by atoms with van der Waals surface area (Å²) in [5.41, 5.74) is 7.41. The van der Waals surface area contributed by atoms with Gasteiger partial charge in [-0.25, -0.2) is 0 Å². The van der Waals surface area contributed by atoms with E-state index in [-0.39, 0.29) is 6.04 Å². The Morgan fingerprint density at radius 3 is 2.67 bits per heavy atom. The highest BCUT2D eigenvalue weighted by atomic mass is 16.5. The second-order valence-corrected chi connectivity index (χ2v) is 4.04. The Hall–Kier alpha value is -1.06. The van der Waals surface area contributed by atoms with Crippen molar-refractivity contribution in [2.45, 2.75) is 18.4 Å². The molecule has 3 N–H and O–H groups in total. The minimum atomic E-state index is 0.229. The summed E-state index contributed by atoms with van der Waals surface area (Å²) in [5.74, 6) is 1.39. The average molecular weight is 206 g/mol. The smallest absolute Gasteiger partial charge is 0.118 e. The van der Waals surface area contributed by atoms with E-state index >= 15 is 0 Å². The molecule has 0 unspecified atom stereocenters. The van der Waals surface area contributed by atoms with E-state index in [2.05, 4.69) is 17.4 Å². The van der Waals surface area contributed by atoms with E-state index in [4.69, 9.17) is 10.5 Å². The lowest BCUT2D eigenvalue weighted by molar-refractivity contribution is 0.400. The van der Waals surface area contributed by atoms with Gasteiger partial charge in [0.2, 0.25) is 0 Å². The van der Waals surface area contributed by atoms with E-state index in [1.54, 1.807) is 7.11 Å². The van der Waals surface area contributed by atoms with Crippen molar-refractivity contribution < 1.29 is 4.74 Å². The minimum Gasteiger partial charge on any atom is -0.497 e. The Balaban J connectivity index is 2.13. The number of nitrogens with one attached hydrogen (secondary N) is 1. The van der Waals surface area contributed by atoms with Crippen LogP contribution in [0.15, 0.2) is 24.3 Å². The molecule has 1 aromatic rings. The van der Waals surface area contributed by atoms with Crippen molar-refractivity contribution in [2.24, 2.45) is 5.73 Å². The van der Waals surface area contributed by atoms with Gasteiger partial charge in [0.05, 0.1) is 7.11 Å². The highest BCUT2D eigenvalue weighted by molar-refractivity contribution is 5.30. The normalized spacial score (nSPS) is 26.3. The van der Waals surface area contributed by atoms with Crippen LogP contribution in [0, 0.1) is 0 Å². The maximum absolute atomic E-state index is 6.09. The van der Waals surface area contributed by atoms with Crippen LogP contribution in [0.4, 0.5) is 0 Å². The predicted octanol–water partition coefficient (Wildman–Crippen LogP) is 1.10. The molecule has 0 amide bonds. The van der Waals surface area contributed by atoms with Gasteiger partial charge < -0.3 is 15.8 Å². The molecular formula is C12H18N2O. The summed E-state index contributed by atoms with van der Waals surface area (Å²) in [4.78, 5) is 0. The Labute approximate surface area is 90.6 Å². The van der Waals surface area contributed by atoms with Crippen LogP contribution in [-0.2, 0) is 0 Å². The Morgan fingerprint density at radius 2 is 2.07 bits per heavy atom. The molecule has 1 aliphatic heterocycles. The zero-order valence-corrected chi connectivity index (χ0v) is 9.07. The number of benzene rings is 1. The lowest BCUT2D eigenvalue weighted by atomic mass is 9.87. The number of ether oxygens (including phenoxy) is 1. The van der Waals surface area contributed by atoms with E-state index in [1.807, 2.05) is 12.1 Å². The standard InChI is InChI=1S/C12H18N2O/c1-15-10-4-2-9(3-5-10)11-6-7-14-8-12(11)13/h2-5,11-12,14H,6-8,13H2,1H3/t11-,12-/m0/s1. The molecule has 1 aliphatic rings. The summed E-state index contributed by atoms with van der Waals surface area (Å²) in [5, 5.41) is 3.31. The fourth-order valence-corrected chi connectivity index (χ4v) is 2.15. The third kappa shape index (κ3) is 2.30.